The van der Waals surface area contributed by atoms with Crippen LogP contribution in [0.15, 0.2) is 18.3 Å². The molecule has 11 heteroatoms. The molecule has 0 fully saturated rings. The molecule has 0 bridgehead atoms. The minimum absolute atomic E-state index is 0.103. The molecule has 0 aliphatic rings. The standard InChI is InChI=1S/C10H10ClN6O3P/c11-6-1-2-9-12-5-8(10-13-15-16-14-10)17(9)7(6)3-4-21(18,19)20/h1-2,5H,3-4H2,(H2,18,19,20)(H,13,14,15,16). The zero-order valence-corrected chi connectivity index (χ0v) is 12.2. The highest BCUT2D eigenvalue weighted by atomic mass is 35.5. The Morgan fingerprint density at radius 2 is 2.19 bits per heavy atom. The van der Waals surface area contributed by atoms with E-state index in [1.54, 1.807) is 22.7 Å². The van der Waals surface area contributed by atoms with Crippen LogP contribution < -0.4 is 0 Å². The van der Waals surface area contributed by atoms with Crippen LogP contribution in [0.3, 0.4) is 0 Å². The third kappa shape index (κ3) is 2.81. The second-order valence-electron chi connectivity index (χ2n) is 4.35. The summed E-state index contributed by atoms with van der Waals surface area (Å²) in [5, 5.41) is 13.8. The first kappa shape index (κ1) is 14.2. The van der Waals surface area contributed by atoms with Crippen LogP contribution in [0.2, 0.25) is 5.02 Å². The van der Waals surface area contributed by atoms with Gasteiger partial charge in [0.1, 0.15) is 11.3 Å². The SMILES string of the molecule is O=P(O)(O)CCc1c(Cl)ccc2ncc(-c3nnn[nH]3)n12. The van der Waals surface area contributed by atoms with Crippen molar-refractivity contribution in [2.45, 2.75) is 6.42 Å². The highest BCUT2D eigenvalue weighted by Gasteiger charge is 2.19. The highest BCUT2D eigenvalue weighted by Crippen LogP contribution is 2.36. The van der Waals surface area contributed by atoms with Crippen LogP contribution >= 0.6 is 19.2 Å². The number of fused-ring (bicyclic) bond motifs is 1. The first-order valence-electron chi connectivity index (χ1n) is 5.89. The molecule has 0 atom stereocenters. The van der Waals surface area contributed by atoms with Gasteiger partial charge in [0.2, 0.25) is 0 Å². The molecule has 0 amide bonds. The van der Waals surface area contributed by atoms with Crippen molar-refractivity contribution in [1.29, 1.82) is 0 Å². The van der Waals surface area contributed by atoms with Gasteiger partial charge in [-0.15, -0.1) is 5.10 Å². The monoisotopic (exact) mass is 328 g/mol. The van der Waals surface area contributed by atoms with Crippen molar-refractivity contribution in [1.82, 2.24) is 30.0 Å². The molecule has 3 aromatic rings. The van der Waals surface area contributed by atoms with Crippen molar-refractivity contribution < 1.29 is 14.4 Å². The summed E-state index contributed by atoms with van der Waals surface area (Å²) in [7, 11) is -4.13. The van der Waals surface area contributed by atoms with Crippen molar-refractivity contribution in [2.75, 3.05) is 6.16 Å². The van der Waals surface area contributed by atoms with Gasteiger partial charge in [-0.2, -0.15) is 0 Å². The average Bonchev–Trinajstić information content (AvgIpc) is 3.04. The summed E-state index contributed by atoms with van der Waals surface area (Å²) in [6.45, 7) is 0. The summed E-state index contributed by atoms with van der Waals surface area (Å²) in [4.78, 5) is 22.3. The molecule has 0 spiro atoms. The Labute approximate surface area is 123 Å². The number of aromatic amines is 1. The minimum atomic E-state index is -4.13. The van der Waals surface area contributed by atoms with E-state index in [0.717, 1.165) is 0 Å². The van der Waals surface area contributed by atoms with E-state index >= 15 is 0 Å². The van der Waals surface area contributed by atoms with E-state index in [2.05, 4.69) is 25.6 Å². The van der Waals surface area contributed by atoms with E-state index in [-0.39, 0.29) is 12.6 Å². The van der Waals surface area contributed by atoms with Gasteiger partial charge < -0.3 is 9.79 Å². The lowest BCUT2D eigenvalue weighted by Gasteiger charge is -2.10. The van der Waals surface area contributed by atoms with Gasteiger partial charge in [0, 0.05) is 12.1 Å². The lowest BCUT2D eigenvalue weighted by molar-refractivity contribution is 0.372. The molecule has 0 aliphatic heterocycles. The second-order valence-corrected chi connectivity index (χ2v) is 6.54. The molecule has 3 aromatic heterocycles. The molecular formula is C10H10ClN6O3P. The summed E-state index contributed by atoms with van der Waals surface area (Å²) in [6, 6.07) is 3.35. The Bertz CT molecular complexity index is 827. The first-order valence-corrected chi connectivity index (χ1v) is 8.07. The van der Waals surface area contributed by atoms with Crippen molar-refractivity contribution in [2.24, 2.45) is 0 Å². The topological polar surface area (TPSA) is 129 Å². The molecule has 3 rings (SSSR count). The third-order valence-corrected chi connectivity index (χ3v) is 4.09. The Kier molecular flexibility index (Phi) is 3.50. The van der Waals surface area contributed by atoms with Gasteiger partial charge in [-0.05, 0) is 22.6 Å². The van der Waals surface area contributed by atoms with Gasteiger partial charge in [0.05, 0.1) is 17.4 Å². The number of aromatic nitrogens is 6. The number of nitrogens with one attached hydrogen (secondary N) is 1. The van der Waals surface area contributed by atoms with Gasteiger partial charge in [-0.3, -0.25) is 8.97 Å². The van der Waals surface area contributed by atoms with E-state index in [1.807, 2.05) is 0 Å². The molecular weight excluding hydrogens is 319 g/mol. The number of aryl methyl sites for hydroxylation is 1. The minimum Gasteiger partial charge on any atom is -0.324 e. The Balaban J connectivity index is 2.15. The smallest absolute Gasteiger partial charge is 0.324 e. The van der Waals surface area contributed by atoms with Crippen molar-refractivity contribution in [3.8, 4) is 11.5 Å². The van der Waals surface area contributed by atoms with Crippen LogP contribution in [0.4, 0.5) is 0 Å². The lowest BCUT2D eigenvalue weighted by Crippen LogP contribution is -2.04. The van der Waals surface area contributed by atoms with E-state index in [0.29, 0.717) is 27.9 Å². The largest absolute Gasteiger partial charge is 0.325 e. The molecule has 0 aromatic carbocycles. The summed E-state index contributed by atoms with van der Waals surface area (Å²) in [5.74, 6) is 0.391. The summed E-state index contributed by atoms with van der Waals surface area (Å²) in [6.07, 6.45) is 1.36. The number of pyridine rings is 1. The van der Waals surface area contributed by atoms with Crippen molar-refractivity contribution in [3.63, 3.8) is 0 Å². The maximum absolute atomic E-state index is 11.1. The third-order valence-electron chi connectivity index (χ3n) is 2.94. The first-order chi connectivity index (χ1) is 9.96. The molecule has 3 heterocycles. The lowest BCUT2D eigenvalue weighted by atomic mass is 10.2. The van der Waals surface area contributed by atoms with Crippen LogP contribution in [0.1, 0.15) is 5.69 Å². The van der Waals surface area contributed by atoms with Gasteiger partial charge in [-0.1, -0.05) is 11.6 Å². The van der Waals surface area contributed by atoms with Crippen molar-refractivity contribution >= 4 is 24.8 Å². The van der Waals surface area contributed by atoms with E-state index < -0.39 is 7.60 Å². The van der Waals surface area contributed by atoms with Crippen LogP contribution in [0.25, 0.3) is 17.2 Å². The van der Waals surface area contributed by atoms with Crippen LogP contribution in [0, 0.1) is 0 Å². The quantitative estimate of drug-likeness (QED) is 0.606. The predicted octanol–water partition coefficient (Wildman–Crippen LogP) is 0.888. The number of hydrogen-bond donors (Lipinski definition) is 3. The van der Waals surface area contributed by atoms with Crippen molar-refractivity contribution in [3.05, 3.63) is 29.0 Å². The number of imidazole rings is 1. The maximum atomic E-state index is 11.1. The normalized spacial score (nSPS) is 12.1. The average molecular weight is 329 g/mol. The Morgan fingerprint density at radius 3 is 2.86 bits per heavy atom. The molecule has 21 heavy (non-hydrogen) atoms. The maximum Gasteiger partial charge on any atom is 0.325 e. The molecule has 0 radical (unpaired) electrons. The predicted molar refractivity (Wildman–Crippen MR) is 74.0 cm³/mol. The fraction of sp³-hybridized carbons (Fsp3) is 0.200. The number of hydrogen-bond acceptors (Lipinski definition) is 5. The second kappa shape index (κ2) is 5.19. The number of H-pyrrole nitrogens is 1. The van der Waals surface area contributed by atoms with E-state index in [4.69, 9.17) is 21.4 Å². The summed E-state index contributed by atoms with van der Waals surface area (Å²) >= 11 is 6.16. The van der Waals surface area contributed by atoms with Crippen LogP contribution in [-0.2, 0) is 11.0 Å². The fourth-order valence-corrected chi connectivity index (χ4v) is 2.78. The van der Waals surface area contributed by atoms with Gasteiger partial charge in [0.15, 0.2) is 5.82 Å². The fourth-order valence-electron chi connectivity index (χ4n) is 2.04. The Morgan fingerprint density at radius 1 is 1.38 bits per heavy atom. The number of halogens is 1. The Hall–Kier alpha value is -1.80. The van der Waals surface area contributed by atoms with Gasteiger partial charge in [-0.25, -0.2) is 10.1 Å². The molecule has 0 unspecified atom stereocenters. The summed E-state index contributed by atoms with van der Waals surface area (Å²) in [5.41, 5.74) is 1.70. The van der Waals surface area contributed by atoms with Crippen LogP contribution in [0.5, 0.6) is 0 Å². The molecule has 110 valence electrons. The van der Waals surface area contributed by atoms with Crippen LogP contribution in [-0.4, -0.2) is 46.0 Å². The number of nitrogens with zero attached hydrogens (tertiary/aromatic N) is 5. The molecule has 0 saturated heterocycles. The number of tetrazole rings is 1. The van der Waals surface area contributed by atoms with E-state index in [9.17, 15) is 4.57 Å². The molecule has 0 aliphatic carbocycles. The molecule has 3 N–H and O–H groups in total. The summed E-state index contributed by atoms with van der Waals surface area (Å²) < 4.78 is 12.8. The zero-order valence-electron chi connectivity index (χ0n) is 10.5. The van der Waals surface area contributed by atoms with Gasteiger partial charge >= 0.3 is 7.60 Å². The van der Waals surface area contributed by atoms with E-state index in [1.165, 1.54) is 0 Å². The molecule has 9 nitrogen and oxygen atoms in total. The zero-order chi connectivity index (χ0) is 15.0. The highest BCUT2D eigenvalue weighted by molar-refractivity contribution is 7.51. The molecule has 0 saturated carbocycles. The number of rotatable bonds is 4. The van der Waals surface area contributed by atoms with Gasteiger partial charge in [0.25, 0.3) is 0 Å².